The number of benzene rings is 2. The molecule has 1 aromatic heterocycles. The maximum Gasteiger partial charge on any atom is 0.344 e. The van der Waals surface area contributed by atoms with E-state index in [2.05, 4.69) is 4.98 Å². The Balaban J connectivity index is 2.15. The average molecular weight is 365 g/mol. The molecule has 0 saturated carbocycles. The molecule has 140 valence electrons. The van der Waals surface area contributed by atoms with Gasteiger partial charge in [-0.05, 0) is 50.6 Å². The maximum absolute atomic E-state index is 12.8. The Hall–Kier alpha value is -3.21. The topological polar surface area (TPSA) is 71.6 Å². The highest BCUT2D eigenvalue weighted by atomic mass is 16.6. The standard InChI is InChI=1S/C22H23NO4/c1-22(2,3)27-21(25)17-18(14-8-6-5-7-9-14)23-19(20(17)24)15-10-12-16(26-4)13-11-15/h5-13,23-24H,1-4H3. The number of hydrogen-bond acceptors (Lipinski definition) is 4. The monoisotopic (exact) mass is 365 g/mol. The van der Waals surface area contributed by atoms with Gasteiger partial charge in [-0.15, -0.1) is 0 Å². The molecular weight excluding hydrogens is 342 g/mol. The molecule has 0 saturated heterocycles. The van der Waals surface area contributed by atoms with Gasteiger partial charge in [-0.3, -0.25) is 0 Å². The Morgan fingerprint density at radius 1 is 0.926 bits per heavy atom. The molecule has 5 nitrogen and oxygen atoms in total. The Kier molecular flexibility index (Phi) is 4.95. The van der Waals surface area contributed by atoms with Gasteiger partial charge in [-0.2, -0.15) is 0 Å². The van der Waals surface area contributed by atoms with Crippen LogP contribution in [0, 0.1) is 0 Å². The smallest absolute Gasteiger partial charge is 0.344 e. The van der Waals surface area contributed by atoms with Gasteiger partial charge in [0.2, 0.25) is 0 Å². The van der Waals surface area contributed by atoms with E-state index in [-0.39, 0.29) is 11.3 Å². The first-order valence-corrected chi connectivity index (χ1v) is 8.68. The molecule has 0 spiro atoms. The minimum atomic E-state index is -0.672. The number of esters is 1. The number of hydrogen-bond donors (Lipinski definition) is 2. The van der Waals surface area contributed by atoms with Gasteiger partial charge in [0.25, 0.3) is 0 Å². The number of carbonyl (C=O) groups excluding carboxylic acids is 1. The fourth-order valence-corrected chi connectivity index (χ4v) is 2.81. The summed E-state index contributed by atoms with van der Waals surface area (Å²) in [5.74, 6) is 0.00331. The molecule has 2 N–H and O–H groups in total. The van der Waals surface area contributed by atoms with Crippen molar-refractivity contribution >= 4 is 5.97 Å². The van der Waals surface area contributed by atoms with E-state index in [1.165, 1.54) is 0 Å². The molecule has 0 radical (unpaired) electrons. The van der Waals surface area contributed by atoms with Crippen molar-refractivity contribution in [1.29, 1.82) is 0 Å². The van der Waals surface area contributed by atoms with Crippen LogP contribution in [0.3, 0.4) is 0 Å². The number of nitrogens with one attached hydrogen (secondary N) is 1. The predicted octanol–water partition coefficient (Wildman–Crippen LogP) is 5.02. The summed E-state index contributed by atoms with van der Waals surface area (Å²) in [4.78, 5) is 16.0. The Morgan fingerprint density at radius 2 is 1.52 bits per heavy atom. The van der Waals surface area contributed by atoms with Crippen LogP contribution in [0.5, 0.6) is 11.5 Å². The number of aromatic hydroxyl groups is 1. The number of H-pyrrole nitrogens is 1. The Labute approximate surface area is 158 Å². The summed E-state index contributed by atoms with van der Waals surface area (Å²) in [5, 5.41) is 10.9. The number of carbonyl (C=O) groups is 1. The molecule has 0 aliphatic carbocycles. The lowest BCUT2D eigenvalue weighted by atomic mass is 10.1. The minimum Gasteiger partial charge on any atom is -0.505 e. The molecule has 0 aliphatic rings. The maximum atomic E-state index is 12.8. The van der Waals surface area contributed by atoms with Gasteiger partial charge in [-0.25, -0.2) is 4.79 Å². The van der Waals surface area contributed by atoms with Crippen LogP contribution in [-0.2, 0) is 4.74 Å². The van der Waals surface area contributed by atoms with Gasteiger partial charge in [0, 0.05) is 5.56 Å². The van der Waals surface area contributed by atoms with E-state index < -0.39 is 11.6 Å². The summed E-state index contributed by atoms with van der Waals surface area (Å²) in [6, 6.07) is 16.6. The molecule has 0 unspecified atom stereocenters. The zero-order chi connectivity index (χ0) is 19.6. The molecular formula is C22H23NO4. The summed E-state index contributed by atoms with van der Waals surface area (Å²) in [6.45, 7) is 5.38. The van der Waals surface area contributed by atoms with Crippen molar-refractivity contribution in [2.45, 2.75) is 26.4 Å². The highest BCUT2D eigenvalue weighted by molar-refractivity contribution is 6.02. The summed E-state index contributed by atoms with van der Waals surface area (Å²) in [6.07, 6.45) is 0. The summed E-state index contributed by atoms with van der Waals surface area (Å²) >= 11 is 0. The largest absolute Gasteiger partial charge is 0.505 e. The first-order valence-electron chi connectivity index (χ1n) is 8.68. The lowest BCUT2D eigenvalue weighted by molar-refractivity contribution is 0.00682. The van der Waals surface area contributed by atoms with Gasteiger partial charge in [-0.1, -0.05) is 30.3 Å². The third-order valence-electron chi connectivity index (χ3n) is 4.02. The summed E-state index contributed by atoms with van der Waals surface area (Å²) in [5.41, 5.74) is 1.95. The van der Waals surface area contributed by atoms with Crippen LogP contribution in [-0.4, -0.2) is 28.8 Å². The van der Waals surface area contributed by atoms with Gasteiger partial charge in [0.15, 0.2) is 5.75 Å². The quantitative estimate of drug-likeness (QED) is 0.637. The molecule has 1 heterocycles. The molecule has 0 aliphatic heterocycles. The highest BCUT2D eigenvalue weighted by Gasteiger charge is 2.28. The molecule has 2 aromatic carbocycles. The van der Waals surface area contributed by atoms with Crippen LogP contribution in [0.2, 0.25) is 0 Å². The lowest BCUT2D eigenvalue weighted by Crippen LogP contribution is -2.24. The van der Waals surface area contributed by atoms with E-state index in [0.29, 0.717) is 17.1 Å². The second-order valence-corrected chi connectivity index (χ2v) is 7.20. The van der Waals surface area contributed by atoms with Crippen molar-refractivity contribution in [1.82, 2.24) is 4.98 Å². The van der Waals surface area contributed by atoms with Crippen molar-refractivity contribution < 1.29 is 19.4 Å². The van der Waals surface area contributed by atoms with Crippen LogP contribution in [0.1, 0.15) is 31.1 Å². The van der Waals surface area contributed by atoms with Crippen molar-refractivity contribution in [3.8, 4) is 34.0 Å². The van der Waals surface area contributed by atoms with Crippen LogP contribution >= 0.6 is 0 Å². The van der Waals surface area contributed by atoms with Crippen LogP contribution in [0.25, 0.3) is 22.5 Å². The molecule has 0 fully saturated rings. The molecule has 0 atom stereocenters. The third kappa shape index (κ3) is 3.97. The van der Waals surface area contributed by atoms with E-state index in [0.717, 1.165) is 11.1 Å². The van der Waals surface area contributed by atoms with Gasteiger partial charge in [0.05, 0.1) is 18.5 Å². The van der Waals surface area contributed by atoms with Gasteiger partial charge < -0.3 is 19.6 Å². The minimum absolute atomic E-state index is 0.127. The van der Waals surface area contributed by atoms with Gasteiger partial charge in [0.1, 0.15) is 16.9 Å². The van der Waals surface area contributed by atoms with E-state index in [4.69, 9.17) is 9.47 Å². The number of aromatic amines is 1. The van der Waals surface area contributed by atoms with Crippen molar-refractivity contribution in [3.05, 3.63) is 60.2 Å². The predicted molar refractivity (Wildman–Crippen MR) is 105 cm³/mol. The molecule has 3 rings (SSSR count). The average Bonchev–Trinajstić information content (AvgIpc) is 2.98. The molecule has 3 aromatic rings. The highest BCUT2D eigenvalue weighted by Crippen LogP contribution is 2.40. The number of aromatic nitrogens is 1. The SMILES string of the molecule is COc1ccc(-c2[nH]c(-c3ccccc3)c(C(=O)OC(C)(C)C)c2O)cc1. The van der Waals surface area contributed by atoms with Crippen molar-refractivity contribution in [3.63, 3.8) is 0 Å². The molecule has 27 heavy (non-hydrogen) atoms. The second-order valence-electron chi connectivity index (χ2n) is 7.20. The van der Waals surface area contributed by atoms with Crippen LogP contribution in [0.4, 0.5) is 0 Å². The summed E-state index contributed by atoms with van der Waals surface area (Å²) < 4.78 is 10.7. The zero-order valence-corrected chi connectivity index (χ0v) is 15.9. The van der Waals surface area contributed by atoms with E-state index in [9.17, 15) is 9.90 Å². The van der Waals surface area contributed by atoms with E-state index in [1.54, 1.807) is 40.0 Å². The molecule has 0 bridgehead atoms. The van der Waals surface area contributed by atoms with Crippen molar-refractivity contribution in [2.24, 2.45) is 0 Å². The Morgan fingerprint density at radius 3 is 2.07 bits per heavy atom. The number of ether oxygens (including phenoxy) is 2. The fraction of sp³-hybridized carbons (Fsp3) is 0.227. The summed E-state index contributed by atoms with van der Waals surface area (Å²) in [7, 11) is 1.59. The molecule has 0 amide bonds. The Bertz CT molecular complexity index is 935. The normalized spacial score (nSPS) is 11.3. The van der Waals surface area contributed by atoms with Crippen LogP contribution < -0.4 is 4.74 Å². The third-order valence-corrected chi connectivity index (χ3v) is 4.02. The first-order chi connectivity index (χ1) is 12.8. The second kappa shape index (κ2) is 7.19. The van der Waals surface area contributed by atoms with E-state index >= 15 is 0 Å². The zero-order valence-electron chi connectivity index (χ0n) is 15.9. The lowest BCUT2D eigenvalue weighted by Gasteiger charge is -2.19. The van der Waals surface area contributed by atoms with Crippen LogP contribution in [0.15, 0.2) is 54.6 Å². The fourth-order valence-electron chi connectivity index (χ4n) is 2.81. The van der Waals surface area contributed by atoms with E-state index in [1.807, 2.05) is 42.5 Å². The van der Waals surface area contributed by atoms with Gasteiger partial charge >= 0.3 is 5.97 Å². The first kappa shape index (κ1) is 18.6. The molecule has 5 heteroatoms. The number of rotatable bonds is 4. The number of methoxy groups -OCH3 is 1. The van der Waals surface area contributed by atoms with Crippen molar-refractivity contribution in [2.75, 3.05) is 7.11 Å².